The van der Waals surface area contributed by atoms with Crippen LogP contribution in [0.4, 0.5) is 4.79 Å². The lowest BCUT2D eigenvalue weighted by molar-refractivity contribution is -0.115. The zero-order chi connectivity index (χ0) is 13.4. The van der Waals surface area contributed by atoms with E-state index in [0.29, 0.717) is 6.61 Å². The number of benzene rings is 1. The molecule has 1 aromatic rings. The summed E-state index contributed by atoms with van der Waals surface area (Å²) in [5.41, 5.74) is 0.892. The van der Waals surface area contributed by atoms with Gasteiger partial charge < -0.3 is 4.74 Å². The Labute approximate surface area is 107 Å². The molecule has 2 amide bonds. The van der Waals surface area contributed by atoms with Crippen LogP contribution in [0.3, 0.4) is 0 Å². The Hall–Kier alpha value is -2.10. The molecule has 0 aliphatic rings. The second-order valence-corrected chi connectivity index (χ2v) is 4.23. The summed E-state index contributed by atoms with van der Waals surface area (Å²) in [5, 5.41) is 2.12. The molecule has 0 heterocycles. The van der Waals surface area contributed by atoms with Crippen molar-refractivity contribution in [1.29, 1.82) is 0 Å². The smallest absolute Gasteiger partial charge is 0.414 e. The molecule has 0 saturated carbocycles. The molecule has 0 unspecified atom stereocenters. The third-order valence-electron chi connectivity index (χ3n) is 2.00. The van der Waals surface area contributed by atoms with Crippen LogP contribution in [0.15, 0.2) is 36.4 Å². The van der Waals surface area contributed by atoms with Crippen molar-refractivity contribution in [2.24, 2.45) is 5.92 Å². The number of hydrogen-bond donors (Lipinski definition) is 1. The van der Waals surface area contributed by atoms with Gasteiger partial charge in [0, 0.05) is 6.08 Å². The van der Waals surface area contributed by atoms with Crippen molar-refractivity contribution in [3.8, 4) is 0 Å². The first-order chi connectivity index (χ1) is 8.58. The summed E-state index contributed by atoms with van der Waals surface area (Å²) < 4.78 is 4.82. The second kappa shape index (κ2) is 7.27. The van der Waals surface area contributed by atoms with Crippen molar-refractivity contribution in [3.05, 3.63) is 42.0 Å². The first kappa shape index (κ1) is 14.0. The molecule has 0 fully saturated rings. The van der Waals surface area contributed by atoms with Gasteiger partial charge in [-0.2, -0.15) is 0 Å². The van der Waals surface area contributed by atoms with E-state index in [1.54, 1.807) is 6.08 Å². The standard InChI is InChI=1S/C14H17NO3/c1-11(2)10-18-14(17)15-13(16)9-8-12-6-4-3-5-7-12/h3-9,11H,10H2,1-2H3,(H,15,16,17)/b9-8+. The molecule has 0 aliphatic heterocycles. The summed E-state index contributed by atoms with van der Waals surface area (Å²) in [7, 11) is 0. The van der Waals surface area contributed by atoms with Crippen molar-refractivity contribution in [1.82, 2.24) is 5.32 Å². The Morgan fingerprint density at radius 3 is 2.56 bits per heavy atom. The van der Waals surface area contributed by atoms with Crippen LogP contribution in [-0.4, -0.2) is 18.6 Å². The van der Waals surface area contributed by atoms with E-state index < -0.39 is 12.0 Å². The Kier molecular flexibility index (Phi) is 5.64. The molecule has 4 heteroatoms. The second-order valence-electron chi connectivity index (χ2n) is 4.23. The van der Waals surface area contributed by atoms with Gasteiger partial charge in [0.1, 0.15) is 0 Å². The van der Waals surface area contributed by atoms with Crippen molar-refractivity contribution < 1.29 is 14.3 Å². The van der Waals surface area contributed by atoms with E-state index in [-0.39, 0.29) is 5.92 Å². The number of nitrogens with one attached hydrogen (secondary N) is 1. The summed E-state index contributed by atoms with van der Waals surface area (Å²) in [6, 6.07) is 9.35. The maximum absolute atomic E-state index is 11.4. The van der Waals surface area contributed by atoms with E-state index in [0.717, 1.165) is 5.56 Å². The highest BCUT2D eigenvalue weighted by Gasteiger charge is 2.06. The van der Waals surface area contributed by atoms with Gasteiger partial charge in [0.05, 0.1) is 6.61 Å². The molecule has 0 aromatic heterocycles. The van der Waals surface area contributed by atoms with Crippen molar-refractivity contribution >= 4 is 18.1 Å². The fraction of sp³-hybridized carbons (Fsp3) is 0.286. The van der Waals surface area contributed by atoms with E-state index in [2.05, 4.69) is 5.32 Å². The molecule has 0 saturated heterocycles. The van der Waals surface area contributed by atoms with E-state index in [1.165, 1.54) is 6.08 Å². The molecule has 4 nitrogen and oxygen atoms in total. The molecule has 0 atom stereocenters. The van der Waals surface area contributed by atoms with Crippen LogP contribution in [0.25, 0.3) is 6.08 Å². The van der Waals surface area contributed by atoms with Gasteiger partial charge in [-0.1, -0.05) is 44.2 Å². The minimum absolute atomic E-state index is 0.241. The molecule has 0 radical (unpaired) electrons. The fourth-order valence-electron chi connectivity index (χ4n) is 1.16. The number of carbonyl (C=O) groups is 2. The van der Waals surface area contributed by atoms with Gasteiger partial charge in [-0.05, 0) is 17.6 Å². The minimum atomic E-state index is -0.716. The topological polar surface area (TPSA) is 55.4 Å². The molecular formula is C14H17NO3. The zero-order valence-electron chi connectivity index (χ0n) is 10.6. The average molecular weight is 247 g/mol. The molecule has 1 rings (SSSR count). The summed E-state index contributed by atoms with van der Waals surface area (Å²) >= 11 is 0. The number of rotatable bonds is 4. The molecule has 1 N–H and O–H groups in total. The molecule has 1 aromatic carbocycles. The van der Waals surface area contributed by atoms with Gasteiger partial charge >= 0.3 is 6.09 Å². The Balaban J connectivity index is 2.38. The Morgan fingerprint density at radius 1 is 1.28 bits per heavy atom. The molecule has 0 spiro atoms. The first-order valence-electron chi connectivity index (χ1n) is 5.79. The van der Waals surface area contributed by atoms with Gasteiger partial charge in [-0.3, -0.25) is 10.1 Å². The number of ether oxygens (including phenoxy) is 1. The van der Waals surface area contributed by atoms with Crippen molar-refractivity contribution in [2.45, 2.75) is 13.8 Å². The van der Waals surface area contributed by atoms with E-state index in [4.69, 9.17) is 4.74 Å². The van der Waals surface area contributed by atoms with Gasteiger partial charge in [-0.25, -0.2) is 4.79 Å². The number of hydrogen-bond acceptors (Lipinski definition) is 3. The lowest BCUT2D eigenvalue weighted by atomic mass is 10.2. The van der Waals surface area contributed by atoms with Crippen LogP contribution in [0.1, 0.15) is 19.4 Å². The lowest BCUT2D eigenvalue weighted by Crippen LogP contribution is -2.30. The molecule has 0 aliphatic carbocycles. The third kappa shape index (κ3) is 5.84. The zero-order valence-corrected chi connectivity index (χ0v) is 10.6. The van der Waals surface area contributed by atoms with Gasteiger partial charge in [0.25, 0.3) is 5.91 Å². The largest absolute Gasteiger partial charge is 0.449 e. The summed E-state index contributed by atoms with van der Waals surface area (Å²) in [6.45, 7) is 4.14. The van der Waals surface area contributed by atoms with Gasteiger partial charge in [-0.15, -0.1) is 0 Å². The van der Waals surface area contributed by atoms with Crippen LogP contribution in [0, 0.1) is 5.92 Å². The summed E-state index contributed by atoms with van der Waals surface area (Å²) in [4.78, 5) is 22.6. The molecule has 0 bridgehead atoms. The minimum Gasteiger partial charge on any atom is -0.449 e. The quantitative estimate of drug-likeness (QED) is 0.832. The first-order valence-corrected chi connectivity index (χ1v) is 5.79. The maximum Gasteiger partial charge on any atom is 0.414 e. The highest BCUT2D eigenvalue weighted by molar-refractivity contribution is 6.00. The normalized spacial score (nSPS) is 10.6. The molecule has 96 valence electrons. The summed E-state index contributed by atoms with van der Waals surface area (Å²) in [5.74, 6) is -0.252. The monoisotopic (exact) mass is 247 g/mol. The number of amides is 2. The predicted octanol–water partition coefficient (Wildman–Crippen LogP) is 2.61. The average Bonchev–Trinajstić information content (AvgIpc) is 2.35. The highest BCUT2D eigenvalue weighted by Crippen LogP contribution is 2.00. The number of carbonyl (C=O) groups excluding carboxylic acids is 2. The molecule has 18 heavy (non-hydrogen) atoms. The fourth-order valence-corrected chi connectivity index (χ4v) is 1.16. The van der Waals surface area contributed by atoms with Gasteiger partial charge in [0.15, 0.2) is 0 Å². The Morgan fingerprint density at radius 2 is 1.94 bits per heavy atom. The van der Waals surface area contributed by atoms with E-state index >= 15 is 0 Å². The SMILES string of the molecule is CC(C)COC(=O)NC(=O)/C=C/c1ccccc1. The van der Waals surface area contributed by atoms with Crippen LogP contribution in [0.5, 0.6) is 0 Å². The van der Waals surface area contributed by atoms with Crippen LogP contribution in [0.2, 0.25) is 0 Å². The number of imide groups is 1. The number of alkyl carbamates (subject to hydrolysis) is 1. The van der Waals surface area contributed by atoms with Crippen LogP contribution < -0.4 is 5.32 Å². The lowest BCUT2D eigenvalue weighted by Gasteiger charge is -2.06. The predicted molar refractivity (Wildman–Crippen MR) is 69.8 cm³/mol. The third-order valence-corrected chi connectivity index (χ3v) is 2.00. The maximum atomic E-state index is 11.4. The van der Waals surface area contributed by atoms with Crippen molar-refractivity contribution in [3.63, 3.8) is 0 Å². The summed E-state index contributed by atoms with van der Waals surface area (Å²) in [6.07, 6.45) is 2.21. The molecular weight excluding hydrogens is 230 g/mol. The van der Waals surface area contributed by atoms with Gasteiger partial charge in [0.2, 0.25) is 0 Å². The van der Waals surface area contributed by atoms with Crippen LogP contribution in [-0.2, 0) is 9.53 Å². The van der Waals surface area contributed by atoms with E-state index in [1.807, 2.05) is 44.2 Å². The Bertz CT molecular complexity index is 424. The highest BCUT2D eigenvalue weighted by atomic mass is 16.5. The van der Waals surface area contributed by atoms with E-state index in [9.17, 15) is 9.59 Å². The van der Waals surface area contributed by atoms with Crippen LogP contribution >= 0.6 is 0 Å². The van der Waals surface area contributed by atoms with Crippen molar-refractivity contribution in [2.75, 3.05) is 6.61 Å².